The van der Waals surface area contributed by atoms with Crippen LogP contribution in [0.5, 0.6) is 5.75 Å². The third-order valence-electron chi connectivity index (χ3n) is 3.67. The van der Waals surface area contributed by atoms with Gasteiger partial charge in [0.05, 0.1) is 0 Å². The summed E-state index contributed by atoms with van der Waals surface area (Å²) in [5.74, 6) is -0.161. The zero-order chi connectivity index (χ0) is 13.3. The minimum atomic E-state index is -0.562. The van der Waals surface area contributed by atoms with Gasteiger partial charge in [-0.05, 0) is 39.1 Å². The maximum Gasteiger partial charge on any atom is 0.125 e. The number of aromatic hydroxyl groups is 1. The lowest BCUT2D eigenvalue weighted by molar-refractivity contribution is 0.369. The van der Waals surface area contributed by atoms with E-state index in [1.807, 2.05) is 19.0 Å². The molecule has 0 bridgehead atoms. The second-order valence-electron chi connectivity index (χ2n) is 5.56. The van der Waals surface area contributed by atoms with Crippen molar-refractivity contribution < 1.29 is 9.50 Å². The summed E-state index contributed by atoms with van der Waals surface area (Å²) in [5, 5.41) is 10.3. The number of phenols is 1. The fourth-order valence-electron chi connectivity index (χ4n) is 2.77. The first kappa shape index (κ1) is 13.3. The largest absolute Gasteiger partial charge is 0.507 e. The highest BCUT2D eigenvalue weighted by atomic mass is 19.1. The van der Waals surface area contributed by atoms with Crippen LogP contribution in [0.1, 0.15) is 36.8 Å². The van der Waals surface area contributed by atoms with Crippen LogP contribution in [-0.2, 0) is 12.1 Å². The second-order valence-corrected chi connectivity index (χ2v) is 5.56. The Morgan fingerprint density at radius 1 is 1.33 bits per heavy atom. The molecule has 1 aromatic rings. The molecule has 0 radical (unpaired) electrons. The minimum absolute atomic E-state index is 0.162. The second kappa shape index (κ2) is 4.86. The fraction of sp³-hybridized carbons (Fsp3) is 0.571. The van der Waals surface area contributed by atoms with Crippen molar-refractivity contribution in [2.75, 3.05) is 14.1 Å². The predicted molar refractivity (Wildman–Crippen MR) is 69.8 cm³/mol. The lowest BCUT2D eigenvalue weighted by Gasteiger charge is -2.26. The van der Waals surface area contributed by atoms with Gasteiger partial charge < -0.3 is 15.7 Å². The van der Waals surface area contributed by atoms with Crippen molar-refractivity contribution in [2.45, 2.75) is 37.8 Å². The number of rotatable bonds is 3. The van der Waals surface area contributed by atoms with Gasteiger partial charge in [-0.25, -0.2) is 4.39 Å². The van der Waals surface area contributed by atoms with Crippen LogP contribution < -0.4 is 5.73 Å². The van der Waals surface area contributed by atoms with Gasteiger partial charge in [-0.15, -0.1) is 0 Å². The predicted octanol–water partition coefficient (Wildman–Crippen LogP) is 2.32. The third kappa shape index (κ3) is 2.49. The van der Waals surface area contributed by atoms with E-state index in [2.05, 4.69) is 0 Å². The van der Waals surface area contributed by atoms with Crippen molar-refractivity contribution in [3.05, 3.63) is 29.1 Å². The molecule has 3 N–H and O–H groups in total. The third-order valence-corrected chi connectivity index (χ3v) is 3.67. The highest BCUT2D eigenvalue weighted by Gasteiger charge is 2.34. The van der Waals surface area contributed by atoms with Gasteiger partial charge in [0.2, 0.25) is 0 Å². The first-order chi connectivity index (χ1) is 8.42. The Labute approximate surface area is 107 Å². The van der Waals surface area contributed by atoms with Gasteiger partial charge in [0, 0.05) is 23.2 Å². The molecule has 1 aliphatic rings. The van der Waals surface area contributed by atoms with E-state index in [0.717, 1.165) is 25.7 Å². The molecule has 4 heteroatoms. The van der Waals surface area contributed by atoms with Crippen LogP contribution >= 0.6 is 0 Å². The van der Waals surface area contributed by atoms with E-state index in [9.17, 15) is 9.50 Å². The Balaban J connectivity index is 2.44. The normalized spacial score (nSPS) is 18.5. The Morgan fingerprint density at radius 3 is 2.50 bits per heavy atom. The monoisotopic (exact) mass is 252 g/mol. The molecule has 100 valence electrons. The molecule has 18 heavy (non-hydrogen) atoms. The van der Waals surface area contributed by atoms with Gasteiger partial charge in [-0.3, -0.25) is 0 Å². The van der Waals surface area contributed by atoms with E-state index in [4.69, 9.17) is 5.73 Å². The lowest BCUT2D eigenvalue weighted by atomic mass is 9.87. The van der Waals surface area contributed by atoms with Crippen molar-refractivity contribution in [1.82, 2.24) is 4.90 Å². The highest BCUT2D eigenvalue weighted by molar-refractivity contribution is 5.45. The number of hydrogen-bond acceptors (Lipinski definition) is 3. The summed E-state index contributed by atoms with van der Waals surface area (Å²) >= 11 is 0. The van der Waals surface area contributed by atoms with E-state index in [0.29, 0.717) is 17.7 Å². The summed E-state index contributed by atoms with van der Waals surface area (Å²) in [4.78, 5) is 1.90. The van der Waals surface area contributed by atoms with E-state index in [-0.39, 0.29) is 11.6 Å². The van der Waals surface area contributed by atoms with E-state index in [1.165, 1.54) is 12.1 Å². The minimum Gasteiger partial charge on any atom is -0.507 e. The molecule has 0 aromatic heterocycles. The van der Waals surface area contributed by atoms with Crippen LogP contribution in [0.25, 0.3) is 0 Å². The molecule has 0 heterocycles. The summed E-state index contributed by atoms with van der Waals surface area (Å²) in [5.41, 5.74) is 6.92. The summed E-state index contributed by atoms with van der Waals surface area (Å²) < 4.78 is 13.7. The smallest absolute Gasteiger partial charge is 0.125 e. The molecule has 0 amide bonds. The molecule has 0 aliphatic heterocycles. The number of nitrogens with two attached hydrogens (primary N) is 1. The first-order valence-corrected chi connectivity index (χ1v) is 6.38. The SMILES string of the molecule is CN(C)Cc1cc(F)cc(C2(N)CCCC2)c1O. The van der Waals surface area contributed by atoms with Gasteiger partial charge in [-0.2, -0.15) is 0 Å². The van der Waals surface area contributed by atoms with E-state index < -0.39 is 5.54 Å². The molecule has 0 spiro atoms. The number of phenolic OH excluding ortho intramolecular Hbond substituents is 1. The zero-order valence-electron chi connectivity index (χ0n) is 11.0. The average molecular weight is 252 g/mol. The fourth-order valence-corrected chi connectivity index (χ4v) is 2.77. The van der Waals surface area contributed by atoms with Crippen molar-refractivity contribution in [2.24, 2.45) is 5.73 Å². The summed E-state index contributed by atoms with van der Waals surface area (Å²) in [6, 6.07) is 2.77. The number of nitrogens with zero attached hydrogens (tertiary/aromatic N) is 1. The van der Waals surface area contributed by atoms with Crippen LogP contribution in [0.15, 0.2) is 12.1 Å². The molecular weight excluding hydrogens is 231 g/mol. The van der Waals surface area contributed by atoms with Crippen molar-refractivity contribution >= 4 is 0 Å². The Bertz CT molecular complexity index is 440. The maximum atomic E-state index is 13.7. The standard InChI is InChI=1S/C14H21FN2O/c1-17(2)9-10-7-11(15)8-12(13(10)18)14(16)5-3-4-6-14/h7-8,18H,3-6,9,16H2,1-2H3. The van der Waals surface area contributed by atoms with E-state index in [1.54, 1.807) is 0 Å². The molecule has 1 aliphatic carbocycles. The molecule has 1 aromatic carbocycles. The van der Waals surface area contributed by atoms with E-state index >= 15 is 0 Å². The number of halogens is 1. The Morgan fingerprint density at radius 2 is 1.94 bits per heavy atom. The molecule has 1 fully saturated rings. The van der Waals surface area contributed by atoms with Crippen molar-refractivity contribution in [3.8, 4) is 5.75 Å². The van der Waals surface area contributed by atoms with Crippen LogP contribution in [0.2, 0.25) is 0 Å². The number of benzene rings is 1. The molecule has 2 rings (SSSR count). The Kier molecular flexibility index (Phi) is 3.59. The maximum absolute atomic E-state index is 13.7. The van der Waals surface area contributed by atoms with Crippen molar-refractivity contribution in [1.29, 1.82) is 0 Å². The topological polar surface area (TPSA) is 49.5 Å². The zero-order valence-corrected chi connectivity index (χ0v) is 11.0. The first-order valence-electron chi connectivity index (χ1n) is 6.38. The van der Waals surface area contributed by atoms with Crippen LogP contribution in [0.4, 0.5) is 4.39 Å². The van der Waals surface area contributed by atoms with Gasteiger partial charge in [0.25, 0.3) is 0 Å². The van der Waals surface area contributed by atoms with Crippen LogP contribution in [-0.4, -0.2) is 24.1 Å². The van der Waals surface area contributed by atoms with Crippen molar-refractivity contribution in [3.63, 3.8) is 0 Å². The van der Waals surface area contributed by atoms with Crippen LogP contribution in [0, 0.1) is 5.82 Å². The quantitative estimate of drug-likeness (QED) is 0.868. The summed E-state index contributed by atoms with van der Waals surface area (Å²) in [6.07, 6.45) is 3.70. The summed E-state index contributed by atoms with van der Waals surface area (Å²) in [7, 11) is 3.77. The Hall–Kier alpha value is -1.13. The molecular formula is C14H21FN2O. The molecule has 0 saturated heterocycles. The van der Waals surface area contributed by atoms with Crippen LogP contribution in [0.3, 0.4) is 0 Å². The molecule has 3 nitrogen and oxygen atoms in total. The molecule has 1 saturated carbocycles. The summed E-state index contributed by atoms with van der Waals surface area (Å²) in [6.45, 7) is 0.507. The van der Waals surface area contributed by atoms with Gasteiger partial charge in [0.1, 0.15) is 11.6 Å². The molecule has 0 unspecified atom stereocenters. The number of hydrogen-bond donors (Lipinski definition) is 2. The van der Waals surface area contributed by atoms with Gasteiger partial charge in [-0.1, -0.05) is 12.8 Å². The van der Waals surface area contributed by atoms with Gasteiger partial charge in [0.15, 0.2) is 0 Å². The lowest BCUT2D eigenvalue weighted by Crippen LogP contribution is -2.33. The molecule has 0 atom stereocenters. The highest BCUT2D eigenvalue weighted by Crippen LogP contribution is 2.41. The average Bonchev–Trinajstić information content (AvgIpc) is 2.70. The van der Waals surface area contributed by atoms with Gasteiger partial charge >= 0.3 is 0 Å².